The van der Waals surface area contributed by atoms with Crippen LogP contribution < -0.4 is 15.8 Å². The molecule has 2 aliphatic heterocycles. The summed E-state index contributed by atoms with van der Waals surface area (Å²) in [5.74, 6) is -1.03. The smallest absolute Gasteiger partial charge is 0.416 e. The fourth-order valence-electron chi connectivity index (χ4n) is 4.30. The molecule has 1 aromatic heterocycles. The van der Waals surface area contributed by atoms with Crippen molar-refractivity contribution in [3.63, 3.8) is 0 Å². The van der Waals surface area contributed by atoms with Crippen molar-refractivity contribution in [1.29, 1.82) is 0 Å². The lowest BCUT2D eigenvalue weighted by atomic mass is 10.1. The molecule has 0 aliphatic carbocycles. The van der Waals surface area contributed by atoms with Gasteiger partial charge in [0.05, 0.1) is 29.2 Å². The van der Waals surface area contributed by atoms with Gasteiger partial charge < -0.3 is 19.6 Å². The number of carbonyl (C=O) groups excluding carboxylic acids is 3. The van der Waals surface area contributed by atoms with Gasteiger partial charge >= 0.3 is 12.3 Å². The third-order valence-corrected chi connectivity index (χ3v) is 5.96. The van der Waals surface area contributed by atoms with Crippen LogP contribution in [0, 0.1) is 0 Å². The summed E-state index contributed by atoms with van der Waals surface area (Å²) in [5.41, 5.74) is 0.649. The van der Waals surface area contributed by atoms with Crippen molar-refractivity contribution in [3.05, 3.63) is 59.2 Å². The van der Waals surface area contributed by atoms with Crippen molar-refractivity contribution >= 4 is 34.6 Å². The molecule has 9 nitrogen and oxygen atoms in total. The third-order valence-electron chi connectivity index (χ3n) is 5.96. The second kappa shape index (κ2) is 8.60. The van der Waals surface area contributed by atoms with Gasteiger partial charge in [0, 0.05) is 30.8 Å². The second-order valence-corrected chi connectivity index (χ2v) is 8.30. The molecular weight excluding hydrogens is 467 g/mol. The Balaban J connectivity index is 1.60. The highest BCUT2D eigenvalue weighted by atomic mass is 19.4. The molecule has 3 amide bonds. The predicted octanol–water partition coefficient (Wildman–Crippen LogP) is 3.14. The van der Waals surface area contributed by atoms with E-state index in [4.69, 9.17) is 4.74 Å². The minimum absolute atomic E-state index is 0.0854. The van der Waals surface area contributed by atoms with Gasteiger partial charge in [0.15, 0.2) is 0 Å². The number of benzene rings is 2. The molecule has 0 spiro atoms. The molecule has 35 heavy (non-hydrogen) atoms. The number of H-pyrrole nitrogens is 1. The van der Waals surface area contributed by atoms with Gasteiger partial charge in [-0.3, -0.25) is 14.5 Å². The van der Waals surface area contributed by atoms with Crippen LogP contribution in [0.2, 0.25) is 0 Å². The molecule has 0 saturated carbocycles. The van der Waals surface area contributed by atoms with Gasteiger partial charge in [-0.1, -0.05) is 6.07 Å². The number of halogens is 3. The maximum atomic E-state index is 13.1. The van der Waals surface area contributed by atoms with Crippen LogP contribution in [0.15, 0.2) is 47.5 Å². The summed E-state index contributed by atoms with van der Waals surface area (Å²) in [5, 5.41) is 2.73. The van der Waals surface area contributed by atoms with Crippen LogP contribution >= 0.6 is 0 Å². The number of nitrogens with one attached hydrogen (secondary N) is 2. The van der Waals surface area contributed by atoms with E-state index < -0.39 is 23.7 Å². The molecule has 0 unspecified atom stereocenters. The molecule has 0 radical (unpaired) electrons. The Morgan fingerprint density at radius 3 is 2.69 bits per heavy atom. The number of ether oxygens (including phenoxy) is 1. The van der Waals surface area contributed by atoms with E-state index in [1.165, 1.54) is 11.0 Å². The van der Waals surface area contributed by atoms with E-state index in [-0.39, 0.29) is 29.6 Å². The Bertz CT molecular complexity index is 1410. The van der Waals surface area contributed by atoms with E-state index in [2.05, 4.69) is 15.3 Å². The van der Waals surface area contributed by atoms with Gasteiger partial charge in [0.25, 0.3) is 5.91 Å². The van der Waals surface area contributed by atoms with E-state index in [0.29, 0.717) is 42.8 Å². The molecule has 0 bridgehead atoms. The summed E-state index contributed by atoms with van der Waals surface area (Å²) >= 11 is 0. The summed E-state index contributed by atoms with van der Waals surface area (Å²) in [6, 6.07) is 8.83. The van der Waals surface area contributed by atoms with Crippen molar-refractivity contribution < 1.29 is 32.3 Å². The first-order chi connectivity index (χ1) is 16.7. The molecule has 3 heterocycles. The summed E-state index contributed by atoms with van der Waals surface area (Å²) in [4.78, 5) is 45.4. The largest absolute Gasteiger partial charge is 0.449 e. The number of aromatic nitrogens is 2. The van der Waals surface area contributed by atoms with E-state index in [0.717, 1.165) is 18.2 Å². The van der Waals surface area contributed by atoms with Gasteiger partial charge in [-0.2, -0.15) is 18.2 Å². The van der Waals surface area contributed by atoms with Gasteiger partial charge in [0.1, 0.15) is 0 Å². The standard InChI is InChI=1S/C23H20F3N5O4/c24-23(25,26)14-4-1-3-13(9-14)20(33)29-21-28-17-10-15(30-7-2-8-35-22(30)34)5-6-18(17)31(21)16-11-19(32)27-12-16/h1,3-6,9-10,16H,2,7-8,11-12H2,(H,27,32)(H,28,29,33)/t16-/m0/s1. The zero-order chi connectivity index (χ0) is 24.7. The van der Waals surface area contributed by atoms with Crippen molar-refractivity contribution in [2.24, 2.45) is 4.99 Å². The maximum Gasteiger partial charge on any atom is 0.416 e. The number of aromatic amines is 1. The molecule has 12 heteroatoms. The fraction of sp³-hybridized carbons (Fsp3) is 0.304. The molecule has 2 saturated heterocycles. The van der Waals surface area contributed by atoms with Crippen LogP contribution in [-0.2, 0) is 15.7 Å². The zero-order valence-electron chi connectivity index (χ0n) is 18.3. The lowest BCUT2D eigenvalue weighted by Crippen LogP contribution is -2.37. The van der Waals surface area contributed by atoms with E-state index in [1.54, 1.807) is 22.8 Å². The number of nitrogens with zero attached hydrogens (tertiary/aromatic N) is 3. The van der Waals surface area contributed by atoms with Crippen LogP contribution in [0.25, 0.3) is 11.0 Å². The Labute approximate surface area is 196 Å². The van der Waals surface area contributed by atoms with Crippen LogP contribution in [-0.4, -0.2) is 47.2 Å². The van der Waals surface area contributed by atoms with E-state index >= 15 is 0 Å². The summed E-state index contributed by atoms with van der Waals surface area (Å²) < 4.78 is 46.1. The molecule has 182 valence electrons. The Morgan fingerprint density at radius 2 is 1.97 bits per heavy atom. The first-order valence-corrected chi connectivity index (χ1v) is 10.9. The number of imidazole rings is 1. The van der Waals surface area contributed by atoms with Crippen LogP contribution in [0.3, 0.4) is 0 Å². The zero-order valence-corrected chi connectivity index (χ0v) is 18.3. The molecule has 1 atom stereocenters. The Hall–Kier alpha value is -4.09. The molecule has 3 aromatic rings. The number of amides is 3. The Morgan fingerprint density at radius 1 is 1.14 bits per heavy atom. The van der Waals surface area contributed by atoms with E-state index in [9.17, 15) is 27.6 Å². The second-order valence-electron chi connectivity index (χ2n) is 8.30. The van der Waals surface area contributed by atoms with Crippen LogP contribution in [0.1, 0.15) is 34.8 Å². The number of alkyl halides is 3. The maximum absolute atomic E-state index is 13.1. The monoisotopic (exact) mass is 487 g/mol. The molecule has 5 rings (SSSR count). The van der Waals surface area contributed by atoms with Gasteiger partial charge in [-0.15, -0.1) is 0 Å². The van der Waals surface area contributed by atoms with Crippen molar-refractivity contribution in [2.45, 2.75) is 25.1 Å². The van der Waals surface area contributed by atoms with Gasteiger partial charge in [-0.25, -0.2) is 4.79 Å². The lowest BCUT2D eigenvalue weighted by Gasteiger charge is -2.26. The average Bonchev–Trinajstić information content (AvgIpc) is 3.40. The highest BCUT2D eigenvalue weighted by Gasteiger charge is 2.31. The number of hydrogen-bond acceptors (Lipinski definition) is 4. The number of carbonyl (C=O) groups is 3. The van der Waals surface area contributed by atoms with Crippen molar-refractivity contribution in [3.8, 4) is 0 Å². The number of hydrogen-bond donors (Lipinski definition) is 2. The van der Waals surface area contributed by atoms with Crippen LogP contribution in [0.5, 0.6) is 0 Å². The Kier molecular flexibility index (Phi) is 5.58. The summed E-state index contributed by atoms with van der Waals surface area (Å²) in [7, 11) is 0. The predicted molar refractivity (Wildman–Crippen MR) is 118 cm³/mol. The molecule has 2 aromatic carbocycles. The summed E-state index contributed by atoms with van der Waals surface area (Å²) in [6.07, 6.45) is -4.24. The SMILES string of the molecule is O=C1C[C@H](n2/c(=N/C(=O)c3cccc(C(F)(F)F)c3)[nH]c3cc(N4CCCOC4=O)ccc32)CN1. The highest BCUT2D eigenvalue weighted by molar-refractivity contribution is 5.95. The third kappa shape index (κ3) is 4.38. The highest BCUT2D eigenvalue weighted by Crippen LogP contribution is 2.30. The minimum Gasteiger partial charge on any atom is -0.449 e. The number of anilines is 1. The number of fused-ring (bicyclic) bond motifs is 1. The molecule has 2 N–H and O–H groups in total. The topological polar surface area (TPSA) is 109 Å². The van der Waals surface area contributed by atoms with Gasteiger partial charge in [0.2, 0.25) is 11.5 Å². The molecular formula is C23H20F3N5O4. The average molecular weight is 487 g/mol. The number of rotatable bonds is 3. The normalized spacial score (nSPS) is 19.2. The summed E-state index contributed by atoms with van der Waals surface area (Å²) in [6.45, 7) is 1.14. The van der Waals surface area contributed by atoms with Crippen molar-refractivity contribution in [2.75, 3.05) is 24.6 Å². The van der Waals surface area contributed by atoms with Crippen LogP contribution in [0.4, 0.5) is 23.7 Å². The fourth-order valence-corrected chi connectivity index (χ4v) is 4.30. The first kappa shape index (κ1) is 22.7. The molecule has 2 fully saturated rings. The number of cyclic esters (lactones) is 1. The quantitative estimate of drug-likeness (QED) is 0.592. The van der Waals surface area contributed by atoms with Gasteiger partial charge in [-0.05, 0) is 42.8 Å². The van der Waals surface area contributed by atoms with Crippen molar-refractivity contribution in [1.82, 2.24) is 14.9 Å². The first-order valence-electron chi connectivity index (χ1n) is 10.9. The lowest BCUT2D eigenvalue weighted by molar-refractivity contribution is -0.137. The molecule has 2 aliphatic rings. The minimum atomic E-state index is -4.60. The van der Waals surface area contributed by atoms with E-state index in [1.807, 2.05) is 0 Å².